The quantitative estimate of drug-likeness (QED) is 0.778. The van der Waals surface area contributed by atoms with Crippen LogP contribution >= 0.6 is 11.8 Å². The molecule has 1 aliphatic rings. The Morgan fingerprint density at radius 1 is 1.50 bits per heavy atom. The molecule has 2 heterocycles. The van der Waals surface area contributed by atoms with Gasteiger partial charge in [-0.3, -0.25) is 0 Å². The number of nitrogens with zero attached hydrogens (tertiary/aromatic N) is 2. The first kappa shape index (κ1) is 9.98. The Morgan fingerprint density at radius 2 is 2.36 bits per heavy atom. The summed E-state index contributed by atoms with van der Waals surface area (Å²) >= 11 is 1.61. The fourth-order valence-corrected chi connectivity index (χ4v) is 2.13. The Bertz CT molecular complexity index is 294. The minimum absolute atomic E-state index is 0.281. The van der Waals surface area contributed by atoms with E-state index in [0.29, 0.717) is 10.5 Å². The number of aromatic nitrogens is 2. The largest absolute Gasteiger partial charge is 0.414 e. The van der Waals surface area contributed by atoms with Gasteiger partial charge in [-0.05, 0) is 19.4 Å². The molecule has 0 spiro atoms. The van der Waals surface area contributed by atoms with E-state index < -0.39 is 0 Å². The number of nitrogens with one attached hydrogen (secondary N) is 1. The lowest BCUT2D eigenvalue weighted by atomic mass is 10.2. The zero-order valence-electron chi connectivity index (χ0n) is 8.49. The summed E-state index contributed by atoms with van der Waals surface area (Å²) in [4.78, 5) is 0. The van der Waals surface area contributed by atoms with Gasteiger partial charge in [0.25, 0.3) is 5.22 Å². The molecule has 1 unspecified atom stereocenters. The lowest BCUT2D eigenvalue weighted by molar-refractivity contribution is 0.373. The van der Waals surface area contributed by atoms with Crippen molar-refractivity contribution < 1.29 is 4.42 Å². The molecule has 0 aliphatic carbocycles. The Morgan fingerprint density at radius 3 is 3.00 bits per heavy atom. The molecular formula is C9H15N3OS. The van der Waals surface area contributed by atoms with Crippen LogP contribution in [0.1, 0.15) is 38.6 Å². The predicted molar refractivity (Wildman–Crippen MR) is 55.3 cm³/mol. The molecule has 5 heteroatoms. The first-order valence-corrected chi connectivity index (χ1v) is 5.87. The van der Waals surface area contributed by atoms with Crippen LogP contribution in [0.15, 0.2) is 9.64 Å². The third-order valence-electron chi connectivity index (χ3n) is 2.12. The third kappa shape index (κ3) is 2.27. The van der Waals surface area contributed by atoms with Gasteiger partial charge in [-0.25, -0.2) is 0 Å². The van der Waals surface area contributed by atoms with Gasteiger partial charge in [0.1, 0.15) is 0 Å². The summed E-state index contributed by atoms with van der Waals surface area (Å²) in [5, 5.41) is 12.6. The minimum atomic E-state index is 0.281. The summed E-state index contributed by atoms with van der Waals surface area (Å²) < 4.78 is 5.56. The Kier molecular flexibility index (Phi) is 3.08. The van der Waals surface area contributed by atoms with Crippen molar-refractivity contribution >= 4 is 11.8 Å². The molecule has 1 aromatic heterocycles. The van der Waals surface area contributed by atoms with Crippen LogP contribution in [-0.2, 0) is 0 Å². The maximum atomic E-state index is 5.56. The van der Waals surface area contributed by atoms with Crippen molar-refractivity contribution in [3.8, 4) is 0 Å². The maximum Gasteiger partial charge on any atom is 0.276 e. The summed E-state index contributed by atoms with van der Waals surface area (Å²) in [6, 6.07) is 0.281. The molecule has 0 amide bonds. The minimum Gasteiger partial charge on any atom is -0.414 e. The van der Waals surface area contributed by atoms with E-state index in [9.17, 15) is 0 Å². The number of hydrogen-bond acceptors (Lipinski definition) is 5. The second kappa shape index (κ2) is 4.31. The van der Waals surface area contributed by atoms with Gasteiger partial charge in [-0.15, -0.1) is 10.2 Å². The maximum absolute atomic E-state index is 5.56. The summed E-state index contributed by atoms with van der Waals surface area (Å²) in [5.74, 6) is 0.741. The molecule has 1 atom stereocenters. The van der Waals surface area contributed by atoms with Crippen molar-refractivity contribution in [2.24, 2.45) is 0 Å². The summed E-state index contributed by atoms with van der Waals surface area (Å²) in [6.07, 6.45) is 2.30. The molecule has 1 fully saturated rings. The molecule has 0 radical (unpaired) electrons. The number of rotatable bonds is 3. The molecule has 1 N–H and O–H groups in total. The van der Waals surface area contributed by atoms with Crippen molar-refractivity contribution in [1.29, 1.82) is 0 Å². The molecule has 0 bridgehead atoms. The average Bonchev–Trinajstić information content (AvgIpc) is 2.69. The molecule has 14 heavy (non-hydrogen) atoms. The van der Waals surface area contributed by atoms with Gasteiger partial charge in [0.05, 0.1) is 6.04 Å². The van der Waals surface area contributed by atoms with Crippen molar-refractivity contribution in [2.75, 3.05) is 6.54 Å². The highest BCUT2D eigenvalue weighted by molar-refractivity contribution is 7.99. The molecular weight excluding hydrogens is 198 g/mol. The zero-order valence-corrected chi connectivity index (χ0v) is 9.30. The van der Waals surface area contributed by atoms with E-state index in [2.05, 4.69) is 29.4 Å². The fraction of sp³-hybridized carbons (Fsp3) is 0.778. The Hall–Kier alpha value is -0.550. The van der Waals surface area contributed by atoms with Crippen LogP contribution in [0.5, 0.6) is 0 Å². The highest BCUT2D eigenvalue weighted by atomic mass is 32.2. The molecule has 1 aliphatic heterocycles. The highest BCUT2D eigenvalue weighted by Crippen LogP contribution is 2.26. The van der Waals surface area contributed by atoms with E-state index in [1.54, 1.807) is 11.8 Å². The summed E-state index contributed by atoms with van der Waals surface area (Å²) in [6.45, 7) is 5.28. The first-order valence-electron chi connectivity index (χ1n) is 4.99. The lowest BCUT2D eigenvalue weighted by Crippen LogP contribution is -2.12. The van der Waals surface area contributed by atoms with Gasteiger partial charge in [-0.2, -0.15) is 0 Å². The van der Waals surface area contributed by atoms with E-state index in [0.717, 1.165) is 18.9 Å². The molecule has 0 aromatic carbocycles. The van der Waals surface area contributed by atoms with Crippen LogP contribution in [0, 0.1) is 0 Å². The van der Waals surface area contributed by atoms with E-state index in [-0.39, 0.29) is 6.04 Å². The Balaban J connectivity index is 2.01. The molecule has 4 nitrogen and oxygen atoms in total. The van der Waals surface area contributed by atoms with Gasteiger partial charge >= 0.3 is 0 Å². The highest BCUT2D eigenvalue weighted by Gasteiger charge is 2.22. The normalized spacial score (nSPS) is 22.1. The topological polar surface area (TPSA) is 51.0 Å². The average molecular weight is 213 g/mol. The van der Waals surface area contributed by atoms with Crippen molar-refractivity contribution in [2.45, 2.75) is 43.2 Å². The molecule has 2 rings (SSSR count). The van der Waals surface area contributed by atoms with Crippen molar-refractivity contribution in [3.05, 3.63) is 5.89 Å². The van der Waals surface area contributed by atoms with E-state index in [4.69, 9.17) is 4.42 Å². The van der Waals surface area contributed by atoms with E-state index >= 15 is 0 Å². The van der Waals surface area contributed by atoms with Gasteiger partial charge in [-0.1, -0.05) is 25.6 Å². The van der Waals surface area contributed by atoms with Crippen LogP contribution in [0.2, 0.25) is 0 Å². The molecule has 0 saturated carbocycles. The SMILES string of the molecule is CC(C)Sc1nnc(C2CCCN2)o1. The van der Waals surface area contributed by atoms with E-state index in [1.165, 1.54) is 6.42 Å². The second-order valence-corrected chi connectivity index (χ2v) is 5.25. The monoisotopic (exact) mass is 213 g/mol. The predicted octanol–water partition coefficient (Wildman–Crippen LogP) is 1.99. The van der Waals surface area contributed by atoms with Gasteiger partial charge in [0.15, 0.2) is 0 Å². The van der Waals surface area contributed by atoms with Crippen LogP contribution in [0.25, 0.3) is 0 Å². The summed E-state index contributed by atoms with van der Waals surface area (Å²) in [5.41, 5.74) is 0. The van der Waals surface area contributed by atoms with Crippen molar-refractivity contribution in [3.63, 3.8) is 0 Å². The second-order valence-electron chi connectivity index (χ2n) is 3.72. The standard InChI is InChI=1S/C9H15N3OS/c1-6(2)14-9-12-11-8(13-9)7-4-3-5-10-7/h6-7,10H,3-5H2,1-2H3. The van der Waals surface area contributed by atoms with Crippen LogP contribution < -0.4 is 5.32 Å². The zero-order chi connectivity index (χ0) is 9.97. The molecule has 1 aromatic rings. The molecule has 1 saturated heterocycles. The Labute approximate surface area is 87.9 Å². The smallest absolute Gasteiger partial charge is 0.276 e. The number of hydrogen-bond donors (Lipinski definition) is 1. The van der Waals surface area contributed by atoms with Crippen LogP contribution in [0.3, 0.4) is 0 Å². The first-order chi connectivity index (χ1) is 6.75. The lowest BCUT2D eigenvalue weighted by Gasteiger charge is -2.02. The van der Waals surface area contributed by atoms with Gasteiger partial charge in [0, 0.05) is 5.25 Å². The van der Waals surface area contributed by atoms with E-state index in [1.807, 2.05) is 0 Å². The summed E-state index contributed by atoms with van der Waals surface area (Å²) in [7, 11) is 0. The fourth-order valence-electron chi connectivity index (χ4n) is 1.51. The van der Waals surface area contributed by atoms with Gasteiger partial charge in [0.2, 0.25) is 5.89 Å². The third-order valence-corrected chi connectivity index (χ3v) is 2.96. The molecule has 78 valence electrons. The van der Waals surface area contributed by atoms with Gasteiger partial charge < -0.3 is 9.73 Å². The number of thioether (sulfide) groups is 1. The van der Waals surface area contributed by atoms with Crippen LogP contribution in [-0.4, -0.2) is 22.0 Å². The van der Waals surface area contributed by atoms with Crippen molar-refractivity contribution in [1.82, 2.24) is 15.5 Å². The van der Waals surface area contributed by atoms with Crippen LogP contribution in [0.4, 0.5) is 0 Å².